The first-order chi connectivity index (χ1) is 10.3. The Morgan fingerprint density at radius 2 is 1.86 bits per heavy atom. The van der Waals surface area contributed by atoms with Crippen LogP contribution in [0.1, 0.15) is 5.56 Å². The molecule has 0 atom stereocenters. The number of hydrogen-bond acceptors (Lipinski definition) is 5. The van der Waals surface area contributed by atoms with Crippen LogP contribution >= 0.6 is 0 Å². The summed E-state index contributed by atoms with van der Waals surface area (Å²) >= 11 is 0. The molecule has 6 nitrogen and oxygen atoms in total. The van der Waals surface area contributed by atoms with Crippen molar-refractivity contribution in [1.29, 1.82) is 0 Å². The second-order valence-corrected chi connectivity index (χ2v) is 4.54. The SMILES string of the molecule is O=C(CN(CCO)Cc1ccccc1)Nc1ncccn1. The van der Waals surface area contributed by atoms with Crippen molar-refractivity contribution in [2.45, 2.75) is 6.54 Å². The first-order valence-electron chi connectivity index (χ1n) is 6.72. The maximum absolute atomic E-state index is 12.0. The summed E-state index contributed by atoms with van der Waals surface area (Å²) in [6, 6.07) is 11.5. The van der Waals surface area contributed by atoms with Crippen molar-refractivity contribution in [2.24, 2.45) is 0 Å². The van der Waals surface area contributed by atoms with Crippen molar-refractivity contribution in [3.8, 4) is 0 Å². The van der Waals surface area contributed by atoms with Gasteiger partial charge in [0.05, 0.1) is 13.2 Å². The van der Waals surface area contributed by atoms with Gasteiger partial charge in [0, 0.05) is 25.5 Å². The summed E-state index contributed by atoms with van der Waals surface area (Å²) in [4.78, 5) is 21.7. The zero-order valence-corrected chi connectivity index (χ0v) is 11.6. The molecule has 0 aliphatic heterocycles. The van der Waals surface area contributed by atoms with E-state index in [1.807, 2.05) is 35.2 Å². The number of amides is 1. The third kappa shape index (κ3) is 5.29. The van der Waals surface area contributed by atoms with Gasteiger partial charge in [0.1, 0.15) is 0 Å². The van der Waals surface area contributed by atoms with E-state index in [1.165, 1.54) is 0 Å². The average molecular weight is 286 g/mol. The van der Waals surface area contributed by atoms with Crippen LogP contribution in [-0.2, 0) is 11.3 Å². The molecule has 2 aromatic rings. The Kier molecular flexibility index (Phi) is 5.81. The van der Waals surface area contributed by atoms with Gasteiger partial charge in [-0.15, -0.1) is 0 Å². The number of hydrogen-bond donors (Lipinski definition) is 2. The smallest absolute Gasteiger partial charge is 0.240 e. The van der Waals surface area contributed by atoms with Gasteiger partial charge in [-0.3, -0.25) is 15.0 Å². The summed E-state index contributed by atoms with van der Waals surface area (Å²) in [7, 11) is 0. The molecule has 2 N–H and O–H groups in total. The van der Waals surface area contributed by atoms with E-state index in [9.17, 15) is 4.79 Å². The molecule has 21 heavy (non-hydrogen) atoms. The fourth-order valence-corrected chi connectivity index (χ4v) is 1.93. The molecule has 110 valence electrons. The van der Waals surface area contributed by atoms with Gasteiger partial charge in [0.2, 0.25) is 11.9 Å². The van der Waals surface area contributed by atoms with Crippen LogP contribution in [0.15, 0.2) is 48.8 Å². The van der Waals surface area contributed by atoms with E-state index >= 15 is 0 Å². The van der Waals surface area contributed by atoms with Crippen molar-refractivity contribution in [3.05, 3.63) is 54.4 Å². The number of benzene rings is 1. The molecule has 2 rings (SSSR count). The zero-order chi connectivity index (χ0) is 14.9. The third-order valence-electron chi connectivity index (χ3n) is 2.85. The monoisotopic (exact) mass is 286 g/mol. The lowest BCUT2D eigenvalue weighted by Gasteiger charge is -2.20. The minimum Gasteiger partial charge on any atom is -0.395 e. The molecule has 1 amide bonds. The number of aliphatic hydroxyl groups excluding tert-OH is 1. The van der Waals surface area contributed by atoms with Crippen LogP contribution in [0.5, 0.6) is 0 Å². The first-order valence-corrected chi connectivity index (χ1v) is 6.72. The minimum absolute atomic E-state index is 0.00194. The van der Waals surface area contributed by atoms with Crippen molar-refractivity contribution in [3.63, 3.8) is 0 Å². The number of aromatic nitrogens is 2. The number of nitrogens with zero attached hydrogens (tertiary/aromatic N) is 3. The van der Waals surface area contributed by atoms with Gasteiger partial charge in [-0.1, -0.05) is 30.3 Å². The van der Waals surface area contributed by atoms with Crippen LogP contribution in [0.25, 0.3) is 0 Å². The summed E-state index contributed by atoms with van der Waals surface area (Å²) in [5.74, 6) is 0.0803. The molecule has 0 saturated heterocycles. The lowest BCUT2D eigenvalue weighted by atomic mass is 10.2. The van der Waals surface area contributed by atoms with Crippen LogP contribution in [-0.4, -0.2) is 45.6 Å². The van der Waals surface area contributed by atoms with Gasteiger partial charge < -0.3 is 5.11 Å². The Hall–Kier alpha value is -2.31. The van der Waals surface area contributed by atoms with E-state index in [-0.39, 0.29) is 25.0 Å². The van der Waals surface area contributed by atoms with Crippen LogP contribution in [0, 0.1) is 0 Å². The third-order valence-corrected chi connectivity index (χ3v) is 2.85. The molecule has 0 saturated carbocycles. The van der Waals surface area contributed by atoms with E-state index in [4.69, 9.17) is 5.11 Å². The molecule has 0 aliphatic carbocycles. The lowest BCUT2D eigenvalue weighted by Crippen LogP contribution is -2.35. The Morgan fingerprint density at radius 3 is 2.52 bits per heavy atom. The highest BCUT2D eigenvalue weighted by Crippen LogP contribution is 2.04. The second-order valence-electron chi connectivity index (χ2n) is 4.54. The Morgan fingerprint density at radius 1 is 1.14 bits per heavy atom. The summed E-state index contributed by atoms with van der Waals surface area (Å²) in [5.41, 5.74) is 1.09. The molecule has 0 bridgehead atoms. The zero-order valence-electron chi connectivity index (χ0n) is 11.6. The summed E-state index contributed by atoms with van der Waals surface area (Å²) < 4.78 is 0. The molecule has 6 heteroatoms. The highest BCUT2D eigenvalue weighted by Gasteiger charge is 2.11. The molecule has 1 aromatic heterocycles. The molecule has 0 spiro atoms. The van der Waals surface area contributed by atoms with Crippen LogP contribution in [0.2, 0.25) is 0 Å². The van der Waals surface area contributed by atoms with Gasteiger partial charge in [0.25, 0.3) is 0 Å². The molecular formula is C15H18N4O2. The van der Waals surface area contributed by atoms with Crippen molar-refractivity contribution in [1.82, 2.24) is 14.9 Å². The van der Waals surface area contributed by atoms with E-state index in [0.29, 0.717) is 13.1 Å². The van der Waals surface area contributed by atoms with Crippen LogP contribution in [0.4, 0.5) is 5.95 Å². The summed E-state index contributed by atoms with van der Waals surface area (Å²) in [5, 5.41) is 11.8. The van der Waals surface area contributed by atoms with Gasteiger partial charge in [-0.05, 0) is 11.6 Å². The van der Waals surface area contributed by atoms with E-state index in [0.717, 1.165) is 5.56 Å². The minimum atomic E-state index is -0.203. The predicted octanol–water partition coefficient (Wildman–Crippen LogP) is 0.910. The van der Waals surface area contributed by atoms with Crippen LogP contribution < -0.4 is 5.32 Å². The fourth-order valence-electron chi connectivity index (χ4n) is 1.93. The normalized spacial score (nSPS) is 10.6. The second kappa shape index (κ2) is 8.08. The number of carbonyl (C=O) groups excluding carboxylic acids is 1. The maximum atomic E-state index is 12.0. The molecule has 0 unspecified atom stereocenters. The Labute approximate surface area is 123 Å². The number of nitrogens with one attached hydrogen (secondary N) is 1. The van der Waals surface area contributed by atoms with Gasteiger partial charge >= 0.3 is 0 Å². The molecular weight excluding hydrogens is 268 g/mol. The quantitative estimate of drug-likeness (QED) is 0.791. The fraction of sp³-hybridized carbons (Fsp3) is 0.267. The Balaban J connectivity index is 1.91. The molecule has 0 radical (unpaired) electrons. The molecule has 1 heterocycles. The molecule has 0 aliphatic rings. The topological polar surface area (TPSA) is 78.4 Å². The number of rotatable bonds is 7. The summed E-state index contributed by atoms with van der Waals surface area (Å²) in [6.45, 7) is 1.21. The van der Waals surface area contributed by atoms with Crippen molar-refractivity contribution >= 4 is 11.9 Å². The average Bonchev–Trinajstić information content (AvgIpc) is 2.49. The highest BCUT2D eigenvalue weighted by molar-refractivity contribution is 5.90. The molecule has 1 aromatic carbocycles. The number of anilines is 1. The van der Waals surface area contributed by atoms with E-state index in [2.05, 4.69) is 15.3 Å². The van der Waals surface area contributed by atoms with Gasteiger partial charge in [0.15, 0.2) is 0 Å². The van der Waals surface area contributed by atoms with E-state index < -0.39 is 0 Å². The molecule has 0 fully saturated rings. The Bertz CT molecular complexity index is 548. The lowest BCUT2D eigenvalue weighted by molar-refractivity contribution is -0.117. The summed E-state index contributed by atoms with van der Waals surface area (Å²) in [6.07, 6.45) is 3.14. The van der Waals surface area contributed by atoms with Crippen molar-refractivity contribution < 1.29 is 9.90 Å². The van der Waals surface area contributed by atoms with Gasteiger partial charge in [-0.25, -0.2) is 9.97 Å². The largest absolute Gasteiger partial charge is 0.395 e. The number of carbonyl (C=O) groups is 1. The van der Waals surface area contributed by atoms with Gasteiger partial charge in [-0.2, -0.15) is 0 Å². The van der Waals surface area contributed by atoms with Crippen LogP contribution in [0.3, 0.4) is 0 Å². The highest BCUT2D eigenvalue weighted by atomic mass is 16.3. The predicted molar refractivity (Wildman–Crippen MR) is 79.5 cm³/mol. The van der Waals surface area contributed by atoms with Crippen molar-refractivity contribution in [2.75, 3.05) is 25.0 Å². The maximum Gasteiger partial charge on any atom is 0.240 e. The first kappa shape index (κ1) is 15.1. The van der Waals surface area contributed by atoms with E-state index in [1.54, 1.807) is 18.5 Å². The number of aliphatic hydroxyl groups is 1. The standard InChI is InChI=1S/C15H18N4O2/c20-10-9-19(11-13-5-2-1-3-6-13)12-14(21)18-15-16-7-4-8-17-15/h1-8,20H,9-12H2,(H,16,17,18,21).